The van der Waals surface area contributed by atoms with Crippen LogP contribution >= 0.6 is 7.14 Å². The van der Waals surface area contributed by atoms with Crippen molar-refractivity contribution in [2.75, 3.05) is 13.3 Å². The second-order valence-corrected chi connectivity index (χ2v) is 6.44. The Labute approximate surface area is 73.2 Å². The molecule has 0 aliphatic carbocycles. The lowest BCUT2D eigenvalue weighted by molar-refractivity contribution is 0.588. The smallest absolute Gasteiger partial charge is 0.109 e. The monoisotopic (exact) mass is 183 g/mol. The quantitative estimate of drug-likeness (QED) is 0.704. The third-order valence-corrected chi connectivity index (χ3v) is 3.34. The Bertz CT molecular complexity index is 299. The molecule has 0 aliphatic heterocycles. The predicted octanol–water partition coefficient (Wildman–Crippen LogP) is 1.39. The van der Waals surface area contributed by atoms with Crippen LogP contribution in [0.1, 0.15) is 5.56 Å². The van der Waals surface area contributed by atoms with E-state index in [1.807, 2.05) is 24.3 Å². The maximum absolute atomic E-state index is 11.6. The van der Waals surface area contributed by atoms with Crippen LogP contribution in [-0.4, -0.2) is 13.3 Å². The Balaban J connectivity index is 3.01. The van der Waals surface area contributed by atoms with Crippen molar-refractivity contribution in [3.8, 4) is 0 Å². The van der Waals surface area contributed by atoms with Gasteiger partial charge in [0.05, 0.1) is 0 Å². The van der Waals surface area contributed by atoms with Gasteiger partial charge in [0.15, 0.2) is 0 Å². The molecule has 0 heterocycles. The van der Waals surface area contributed by atoms with E-state index in [9.17, 15) is 4.57 Å². The van der Waals surface area contributed by atoms with E-state index >= 15 is 0 Å². The summed E-state index contributed by atoms with van der Waals surface area (Å²) in [4.78, 5) is 0. The van der Waals surface area contributed by atoms with E-state index < -0.39 is 7.14 Å². The Morgan fingerprint density at radius 1 is 1.25 bits per heavy atom. The second-order valence-electron chi connectivity index (χ2n) is 3.22. The average molecular weight is 183 g/mol. The highest BCUT2D eigenvalue weighted by Crippen LogP contribution is 2.34. The summed E-state index contributed by atoms with van der Waals surface area (Å²) >= 11 is 0. The predicted molar refractivity (Wildman–Crippen MR) is 53.4 cm³/mol. The van der Waals surface area contributed by atoms with Crippen molar-refractivity contribution in [1.82, 2.24) is 0 Å². The van der Waals surface area contributed by atoms with Crippen molar-refractivity contribution in [3.05, 3.63) is 29.8 Å². The molecule has 0 radical (unpaired) electrons. The molecule has 66 valence electrons. The van der Waals surface area contributed by atoms with Gasteiger partial charge in [-0.25, -0.2) is 0 Å². The molecule has 0 aliphatic rings. The van der Waals surface area contributed by atoms with Gasteiger partial charge in [0.1, 0.15) is 7.14 Å². The summed E-state index contributed by atoms with van der Waals surface area (Å²) in [7, 11) is -2.09. The van der Waals surface area contributed by atoms with Crippen LogP contribution in [0, 0.1) is 0 Å². The maximum Gasteiger partial charge on any atom is 0.109 e. The van der Waals surface area contributed by atoms with Crippen LogP contribution in [0.4, 0.5) is 0 Å². The molecule has 0 amide bonds. The first-order valence-corrected chi connectivity index (χ1v) is 6.48. The molecule has 0 bridgehead atoms. The topological polar surface area (TPSA) is 43.1 Å². The lowest BCUT2D eigenvalue weighted by Crippen LogP contribution is -2.04. The molecule has 0 aromatic heterocycles. The molecule has 0 atom stereocenters. The van der Waals surface area contributed by atoms with Crippen molar-refractivity contribution in [2.45, 2.75) is 6.54 Å². The Hall–Kier alpha value is -0.590. The zero-order chi connectivity index (χ0) is 9.19. The minimum atomic E-state index is -2.09. The number of rotatable bonds is 2. The molecule has 1 aromatic carbocycles. The highest BCUT2D eigenvalue weighted by atomic mass is 31.2. The van der Waals surface area contributed by atoms with Gasteiger partial charge in [0, 0.05) is 11.8 Å². The van der Waals surface area contributed by atoms with Crippen molar-refractivity contribution in [1.29, 1.82) is 0 Å². The molecular formula is C9H14NOP. The highest BCUT2D eigenvalue weighted by Gasteiger charge is 2.09. The first-order valence-electron chi connectivity index (χ1n) is 3.88. The minimum absolute atomic E-state index is 0.540. The van der Waals surface area contributed by atoms with E-state index in [0.29, 0.717) is 6.54 Å². The van der Waals surface area contributed by atoms with E-state index in [1.54, 1.807) is 13.3 Å². The van der Waals surface area contributed by atoms with Crippen LogP contribution in [0.25, 0.3) is 0 Å². The van der Waals surface area contributed by atoms with Gasteiger partial charge in [-0.3, -0.25) is 0 Å². The Morgan fingerprint density at radius 2 is 1.75 bits per heavy atom. The maximum atomic E-state index is 11.6. The van der Waals surface area contributed by atoms with Gasteiger partial charge in [-0.15, -0.1) is 0 Å². The van der Waals surface area contributed by atoms with E-state index in [-0.39, 0.29) is 0 Å². The third kappa shape index (κ3) is 2.20. The van der Waals surface area contributed by atoms with Gasteiger partial charge in [0.25, 0.3) is 0 Å². The summed E-state index contributed by atoms with van der Waals surface area (Å²) in [5.41, 5.74) is 6.52. The number of benzene rings is 1. The molecule has 0 fully saturated rings. The molecule has 1 aromatic rings. The van der Waals surface area contributed by atoms with Crippen LogP contribution in [-0.2, 0) is 11.1 Å². The Morgan fingerprint density at radius 3 is 2.08 bits per heavy atom. The molecule has 1 rings (SSSR count). The third-order valence-electron chi connectivity index (χ3n) is 1.79. The molecular weight excluding hydrogens is 169 g/mol. The fraction of sp³-hybridized carbons (Fsp3) is 0.333. The van der Waals surface area contributed by atoms with Crippen LogP contribution in [0.5, 0.6) is 0 Å². The average Bonchev–Trinajstić information content (AvgIpc) is 2.03. The number of hydrogen-bond acceptors (Lipinski definition) is 2. The van der Waals surface area contributed by atoms with Crippen molar-refractivity contribution in [2.24, 2.45) is 5.73 Å². The molecule has 0 saturated heterocycles. The van der Waals surface area contributed by atoms with Gasteiger partial charge < -0.3 is 10.3 Å². The standard InChI is InChI=1S/C9H14NOP/c1-12(2,11)9-5-3-8(7-10)4-6-9/h3-6H,7,10H2,1-2H3. The van der Waals surface area contributed by atoms with Gasteiger partial charge in [0.2, 0.25) is 0 Å². The first kappa shape index (κ1) is 9.50. The molecule has 0 unspecified atom stereocenters. The highest BCUT2D eigenvalue weighted by molar-refractivity contribution is 7.70. The van der Waals surface area contributed by atoms with Crippen molar-refractivity contribution < 1.29 is 4.57 Å². The lowest BCUT2D eigenvalue weighted by atomic mass is 10.2. The van der Waals surface area contributed by atoms with Crippen molar-refractivity contribution >= 4 is 12.4 Å². The minimum Gasteiger partial charge on any atom is -0.326 e. The van der Waals surface area contributed by atoms with E-state index in [4.69, 9.17) is 5.73 Å². The summed E-state index contributed by atoms with van der Waals surface area (Å²) in [6.45, 7) is 4.08. The molecule has 2 N–H and O–H groups in total. The first-order chi connectivity index (χ1) is 5.54. The van der Waals surface area contributed by atoms with E-state index in [0.717, 1.165) is 10.9 Å². The van der Waals surface area contributed by atoms with Gasteiger partial charge in [-0.1, -0.05) is 24.3 Å². The summed E-state index contributed by atoms with van der Waals surface area (Å²) in [6.07, 6.45) is 0. The summed E-state index contributed by atoms with van der Waals surface area (Å²) in [6, 6.07) is 7.63. The van der Waals surface area contributed by atoms with Gasteiger partial charge in [-0.05, 0) is 18.9 Å². The SMILES string of the molecule is CP(C)(=O)c1ccc(CN)cc1. The second kappa shape index (κ2) is 3.42. The van der Waals surface area contributed by atoms with Crippen molar-refractivity contribution in [3.63, 3.8) is 0 Å². The molecule has 2 nitrogen and oxygen atoms in total. The Kier molecular flexibility index (Phi) is 2.71. The van der Waals surface area contributed by atoms with E-state index in [2.05, 4.69) is 0 Å². The zero-order valence-electron chi connectivity index (χ0n) is 7.45. The number of nitrogens with two attached hydrogens (primary N) is 1. The van der Waals surface area contributed by atoms with Gasteiger partial charge in [-0.2, -0.15) is 0 Å². The van der Waals surface area contributed by atoms with E-state index in [1.165, 1.54) is 0 Å². The summed E-state index contributed by atoms with van der Waals surface area (Å²) < 4.78 is 11.6. The van der Waals surface area contributed by atoms with Crippen LogP contribution < -0.4 is 11.0 Å². The summed E-state index contributed by atoms with van der Waals surface area (Å²) in [5.74, 6) is 0. The summed E-state index contributed by atoms with van der Waals surface area (Å²) in [5, 5.41) is 0.916. The lowest BCUT2D eigenvalue weighted by Gasteiger charge is -2.06. The molecule has 3 heteroatoms. The normalized spacial score (nSPS) is 11.6. The van der Waals surface area contributed by atoms with Gasteiger partial charge >= 0.3 is 0 Å². The fourth-order valence-electron chi connectivity index (χ4n) is 0.991. The molecule has 0 saturated carbocycles. The van der Waals surface area contributed by atoms with Crippen LogP contribution in [0.3, 0.4) is 0 Å². The fourth-order valence-corrected chi connectivity index (χ4v) is 1.86. The molecule has 12 heavy (non-hydrogen) atoms. The molecule has 0 spiro atoms. The number of hydrogen-bond donors (Lipinski definition) is 1. The van der Waals surface area contributed by atoms with Crippen LogP contribution in [0.2, 0.25) is 0 Å². The van der Waals surface area contributed by atoms with Crippen LogP contribution in [0.15, 0.2) is 24.3 Å². The largest absolute Gasteiger partial charge is 0.326 e. The zero-order valence-corrected chi connectivity index (χ0v) is 8.34.